The minimum Gasteiger partial charge on any atom is -0.486 e. The van der Waals surface area contributed by atoms with Gasteiger partial charge in [-0.25, -0.2) is 13.1 Å². The highest BCUT2D eigenvalue weighted by Gasteiger charge is 2.28. The van der Waals surface area contributed by atoms with Crippen molar-refractivity contribution in [2.24, 2.45) is 0 Å². The maximum absolute atomic E-state index is 13.1. The van der Waals surface area contributed by atoms with Gasteiger partial charge in [-0.2, -0.15) is 0 Å². The lowest BCUT2D eigenvalue weighted by atomic mass is 10.1. The van der Waals surface area contributed by atoms with Crippen molar-refractivity contribution < 1.29 is 22.7 Å². The number of ether oxygens (including phenoxy) is 2. The highest BCUT2D eigenvalue weighted by molar-refractivity contribution is 7.89. The largest absolute Gasteiger partial charge is 0.486 e. The zero-order valence-electron chi connectivity index (χ0n) is 16.3. The van der Waals surface area contributed by atoms with E-state index in [0.29, 0.717) is 43.4 Å². The van der Waals surface area contributed by atoms with E-state index in [9.17, 15) is 13.2 Å². The molecule has 29 heavy (non-hydrogen) atoms. The molecule has 0 aromatic heterocycles. The summed E-state index contributed by atoms with van der Waals surface area (Å²) < 4.78 is 39.0. The number of hydrogen-bond acceptors (Lipinski definition) is 5. The first-order chi connectivity index (χ1) is 14.0. The van der Waals surface area contributed by atoms with Gasteiger partial charge in [0, 0.05) is 30.3 Å². The van der Waals surface area contributed by atoms with Gasteiger partial charge in [-0.1, -0.05) is 18.2 Å². The van der Waals surface area contributed by atoms with E-state index in [2.05, 4.69) is 4.72 Å². The number of fused-ring (bicyclic) bond motifs is 1. The Hall–Kier alpha value is -2.58. The molecule has 1 aliphatic heterocycles. The molecule has 0 unspecified atom stereocenters. The van der Waals surface area contributed by atoms with Gasteiger partial charge in [-0.15, -0.1) is 0 Å². The first kappa shape index (κ1) is 19.7. The van der Waals surface area contributed by atoms with Crippen LogP contribution in [0.5, 0.6) is 11.5 Å². The molecular weight excluding hydrogens is 392 g/mol. The number of rotatable bonds is 7. The van der Waals surface area contributed by atoms with Crippen molar-refractivity contribution in [3.8, 4) is 11.5 Å². The number of carbonyl (C=O) groups excluding carboxylic acids is 1. The van der Waals surface area contributed by atoms with Crippen LogP contribution in [-0.2, 0) is 16.6 Å². The molecule has 7 nitrogen and oxygen atoms in total. The summed E-state index contributed by atoms with van der Waals surface area (Å²) in [5.41, 5.74) is 1.20. The van der Waals surface area contributed by atoms with Crippen LogP contribution in [0.2, 0.25) is 0 Å². The molecule has 8 heteroatoms. The molecular formula is C21H24N2O5S. The summed E-state index contributed by atoms with van der Waals surface area (Å²) in [6.45, 7) is 3.68. The van der Waals surface area contributed by atoms with E-state index in [1.807, 2.05) is 25.1 Å². The number of amides is 1. The molecule has 4 rings (SSSR count). The first-order valence-electron chi connectivity index (χ1n) is 9.77. The molecule has 0 radical (unpaired) electrons. The van der Waals surface area contributed by atoms with Gasteiger partial charge in [0.25, 0.3) is 5.91 Å². The number of hydrogen-bond donors (Lipinski definition) is 1. The number of benzene rings is 2. The van der Waals surface area contributed by atoms with Crippen molar-refractivity contribution in [3.05, 3.63) is 53.6 Å². The van der Waals surface area contributed by atoms with Crippen molar-refractivity contribution in [2.45, 2.75) is 37.2 Å². The lowest BCUT2D eigenvalue weighted by molar-refractivity contribution is 0.0749. The molecule has 2 aromatic carbocycles. The summed E-state index contributed by atoms with van der Waals surface area (Å²) in [6, 6.07) is 11.8. The minimum atomic E-state index is -3.61. The van der Waals surface area contributed by atoms with Gasteiger partial charge in [0.15, 0.2) is 11.5 Å². The van der Waals surface area contributed by atoms with Crippen LogP contribution in [0.3, 0.4) is 0 Å². The molecule has 2 aromatic rings. The van der Waals surface area contributed by atoms with Gasteiger partial charge in [-0.3, -0.25) is 4.79 Å². The number of carbonyl (C=O) groups is 1. The van der Waals surface area contributed by atoms with Gasteiger partial charge >= 0.3 is 0 Å². The van der Waals surface area contributed by atoms with E-state index >= 15 is 0 Å². The number of para-hydroxylation sites is 1. The Kier molecular flexibility index (Phi) is 5.47. The summed E-state index contributed by atoms with van der Waals surface area (Å²) in [7, 11) is -3.61. The van der Waals surface area contributed by atoms with Gasteiger partial charge in [-0.05, 0) is 44.0 Å². The summed E-state index contributed by atoms with van der Waals surface area (Å²) in [6.07, 6.45) is 1.71. The molecule has 2 aliphatic rings. The van der Waals surface area contributed by atoms with E-state index in [0.717, 1.165) is 18.4 Å². The maximum Gasteiger partial charge on any atom is 0.254 e. The molecule has 1 heterocycles. The minimum absolute atomic E-state index is 0.0120. The Morgan fingerprint density at radius 1 is 1.14 bits per heavy atom. The topological polar surface area (TPSA) is 84.9 Å². The first-order valence-corrected chi connectivity index (χ1v) is 11.3. The Morgan fingerprint density at radius 3 is 2.66 bits per heavy atom. The van der Waals surface area contributed by atoms with Crippen molar-refractivity contribution in [1.29, 1.82) is 0 Å². The number of nitrogens with one attached hydrogen (secondary N) is 1. The van der Waals surface area contributed by atoms with Gasteiger partial charge in [0.05, 0.1) is 4.90 Å². The van der Waals surface area contributed by atoms with Crippen LogP contribution in [0.1, 0.15) is 35.7 Å². The highest BCUT2D eigenvalue weighted by Crippen LogP contribution is 2.34. The Morgan fingerprint density at radius 2 is 1.90 bits per heavy atom. The van der Waals surface area contributed by atoms with Crippen LogP contribution in [0, 0.1) is 0 Å². The third-order valence-corrected chi connectivity index (χ3v) is 6.49. The second-order valence-corrected chi connectivity index (χ2v) is 8.90. The molecule has 154 valence electrons. The summed E-state index contributed by atoms with van der Waals surface area (Å²) >= 11 is 0. The molecule has 1 aliphatic carbocycles. The number of sulfonamides is 1. The van der Waals surface area contributed by atoms with Crippen LogP contribution in [0.25, 0.3) is 0 Å². The average molecular weight is 416 g/mol. The third kappa shape index (κ3) is 4.38. The monoisotopic (exact) mass is 416 g/mol. The van der Waals surface area contributed by atoms with E-state index in [1.165, 1.54) is 12.1 Å². The van der Waals surface area contributed by atoms with Crippen molar-refractivity contribution in [1.82, 2.24) is 9.62 Å². The van der Waals surface area contributed by atoms with Crippen LogP contribution >= 0.6 is 0 Å². The Labute approximate surface area is 170 Å². The number of nitrogens with zero attached hydrogens (tertiary/aromatic N) is 1. The van der Waals surface area contributed by atoms with E-state index in [-0.39, 0.29) is 16.8 Å². The SMILES string of the molecule is CCN(Cc1cccc2c1OCCO2)C(=O)c1cccc(S(=O)(=O)NC2CC2)c1. The highest BCUT2D eigenvalue weighted by atomic mass is 32.2. The summed E-state index contributed by atoms with van der Waals surface area (Å²) in [4.78, 5) is 14.9. The van der Waals surface area contributed by atoms with Crippen molar-refractivity contribution in [3.63, 3.8) is 0 Å². The molecule has 0 spiro atoms. The van der Waals surface area contributed by atoms with Crippen molar-refractivity contribution in [2.75, 3.05) is 19.8 Å². The van der Waals surface area contributed by atoms with Crippen LogP contribution < -0.4 is 14.2 Å². The zero-order chi connectivity index (χ0) is 20.4. The molecule has 0 saturated heterocycles. The molecule has 0 bridgehead atoms. The molecule has 1 N–H and O–H groups in total. The van der Waals surface area contributed by atoms with Crippen LogP contribution in [0.15, 0.2) is 47.4 Å². The fraction of sp³-hybridized carbons (Fsp3) is 0.381. The quantitative estimate of drug-likeness (QED) is 0.750. The molecule has 1 fully saturated rings. The molecule has 1 amide bonds. The molecule has 0 atom stereocenters. The Balaban J connectivity index is 1.56. The second kappa shape index (κ2) is 8.04. The fourth-order valence-corrected chi connectivity index (χ4v) is 4.61. The smallest absolute Gasteiger partial charge is 0.254 e. The van der Waals surface area contributed by atoms with E-state index < -0.39 is 10.0 Å². The van der Waals surface area contributed by atoms with Crippen LogP contribution in [-0.4, -0.2) is 45.0 Å². The fourth-order valence-electron chi connectivity index (χ4n) is 3.26. The van der Waals surface area contributed by atoms with Gasteiger partial charge < -0.3 is 14.4 Å². The lowest BCUT2D eigenvalue weighted by Gasteiger charge is -2.25. The van der Waals surface area contributed by atoms with Crippen molar-refractivity contribution >= 4 is 15.9 Å². The van der Waals surface area contributed by atoms with E-state index in [1.54, 1.807) is 17.0 Å². The molecule has 1 saturated carbocycles. The lowest BCUT2D eigenvalue weighted by Crippen LogP contribution is -2.31. The predicted octanol–water partition coefficient (Wildman–Crippen LogP) is 2.56. The van der Waals surface area contributed by atoms with Crippen LogP contribution in [0.4, 0.5) is 0 Å². The zero-order valence-corrected chi connectivity index (χ0v) is 17.1. The predicted molar refractivity (Wildman–Crippen MR) is 108 cm³/mol. The Bertz CT molecular complexity index is 1020. The van der Waals surface area contributed by atoms with Gasteiger partial charge in [0.2, 0.25) is 10.0 Å². The maximum atomic E-state index is 13.1. The second-order valence-electron chi connectivity index (χ2n) is 7.18. The third-order valence-electron chi connectivity index (χ3n) is 4.97. The average Bonchev–Trinajstić information content (AvgIpc) is 3.55. The normalized spacial score (nSPS) is 15.8. The summed E-state index contributed by atoms with van der Waals surface area (Å²) in [5, 5.41) is 0. The standard InChI is InChI=1S/C21H24N2O5S/c1-2-23(14-16-6-4-8-19-20(16)28-12-11-27-19)21(24)15-5-3-7-18(13-15)29(25,26)22-17-9-10-17/h3-8,13,17,22H,2,9-12,14H2,1H3. The van der Waals surface area contributed by atoms with E-state index in [4.69, 9.17) is 9.47 Å². The van der Waals surface area contributed by atoms with Gasteiger partial charge in [0.1, 0.15) is 13.2 Å². The summed E-state index contributed by atoms with van der Waals surface area (Å²) in [5.74, 6) is 1.11.